The molecule has 16 heavy (non-hydrogen) atoms. The molecule has 4 heteroatoms. The zero-order chi connectivity index (χ0) is 12.0. The van der Waals surface area contributed by atoms with Crippen molar-refractivity contribution in [3.8, 4) is 11.8 Å². The van der Waals surface area contributed by atoms with E-state index in [4.69, 9.17) is 10.00 Å². The van der Waals surface area contributed by atoms with Crippen molar-refractivity contribution in [3.63, 3.8) is 0 Å². The molecule has 84 valence electrons. The molecule has 0 radical (unpaired) electrons. The van der Waals surface area contributed by atoms with Gasteiger partial charge in [0.2, 0.25) is 0 Å². The van der Waals surface area contributed by atoms with E-state index in [1.807, 2.05) is 12.1 Å². The number of unbranched alkanes of at least 4 members (excludes halogenated alkanes) is 1. The Kier molecular flexibility index (Phi) is 5.00. The normalized spacial score (nSPS) is 9.56. The van der Waals surface area contributed by atoms with Gasteiger partial charge in [0.05, 0.1) is 18.7 Å². The maximum Gasteiger partial charge on any atom is 0.166 e. The van der Waals surface area contributed by atoms with Crippen LogP contribution in [0.15, 0.2) is 22.7 Å². The lowest BCUT2D eigenvalue weighted by atomic mass is 10.0. The second kappa shape index (κ2) is 6.29. The van der Waals surface area contributed by atoms with Gasteiger partial charge >= 0.3 is 0 Å². The highest BCUT2D eigenvalue weighted by Gasteiger charge is 2.12. The number of nitrogens with zero attached hydrogens (tertiary/aromatic N) is 1. The van der Waals surface area contributed by atoms with Crippen LogP contribution in [0.5, 0.6) is 5.75 Å². The molecule has 1 aromatic carbocycles. The predicted molar refractivity (Wildman–Crippen MR) is 64.5 cm³/mol. The van der Waals surface area contributed by atoms with Crippen LogP contribution in [-0.2, 0) is 0 Å². The van der Waals surface area contributed by atoms with E-state index in [0.717, 1.165) is 4.47 Å². The van der Waals surface area contributed by atoms with Crippen molar-refractivity contribution in [1.82, 2.24) is 0 Å². The van der Waals surface area contributed by atoms with Crippen molar-refractivity contribution in [3.05, 3.63) is 28.2 Å². The highest BCUT2D eigenvalue weighted by atomic mass is 79.9. The molecule has 0 amide bonds. The van der Waals surface area contributed by atoms with Crippen LogP contribution in [0.1, 0.15) is 29.6 Å². The minimum absolute atomic E-state index is 0.00778. The first-order chi connectivity index (χ1) is 7.69. The Bertz CT molecular complexity index is 424. The first-order valence-corrected chi connectivity index (χ1v) is 5.72. The van der Waals surface area contributed by atoms with Crippen molar-refractivity contribution in [2.24, 2.45) is 0 Å². The lowest BCUT2D eigenvalue weighted by Crippen LogP contribution is -2.02. The number of benzene rings is 1. The molecule has 1 rings (SSSR count). The summed E-state index contributed by atoms with van der Waals surface area (Å²) in [4.78, 5) is 11.8. The fourth-order valence-corrected chi connectivity index (χ4v) is 1.72. The van der Waals surface area contributed by atoms with Gasteiger partial charge < -0.3 is 4.74 Å². The van der Waals surface area contributed by atoms with Crippen LogP contribution < -0.4 is 4.74 Å². The molecule has 0 atom stereocenters. The van der Waals surface area contributed by atoms with Crippen LogP contribution in [0.2, 0.25) is 0 Å². The Morgan fingerprint density at radius 2 is 2.31 bits per heavy atom. The van der Waals surface area contributed by atoms with Crippen molar-refractivity contribution in [2.75, 3.05) is 7.11 Å². The van der Waals surface area contributed by atoms with Crippen LogP contribution >= 0.6 is 15.9 Å². The van der Waals surface area contributed by atoms with Gasteiger partial charge in [-0.25, -0.2) is 0 Å². The Balaban J connectivity index is 2.81. The molecule has 0 unspecified atom stereocenters. The average molecular weight is 282 g/mol. The Hall–Kier alpha value is -1.34. The monoisotopic (exact) mass is 281 g/mol. The fraction of sp³-hybridized carbons (Fsp3) is 0.333. The lowest BCUT2D eigenvalue weighted by Gasteiger charge is -2.07. The number of hydrogen-bond acceptors (Lipinski definition) is 3. The summed E-state index contributed by atoms with van der Waals surface area (Å²) < 4.78 is 5.97. The number of carbonyl (C=O) groups excluding carboxylic acids is 1. The van der Waals surface area contributed by atoms with Gasteiger partial charge in [-0.05, 0) is 24.6 Å². The topological polar surface area (TPSA) is 50.1 Å². The number of nitriles is 1. The molecule has 0 N–H and O–H groups in total. The van der Waals surface area contributed by atoms with Gasteiger partial charge in [0.15, 0.2) is 5.78 Å². The third-order valence-corrected chi connectivity index (χ3v) is 2.65. The Labute approximate surface area is 103 Å². The number of ether oxygens (including phenoxy) is 1. The molecule has 0 aromatic heterocycles. The van der Waals surface area contributed by atoms with E-state index < -0.39 is 0 Å². The average Bonchev–Trinajstić information content (AvgIpc) is 2.29. The molecule has 0 bridgehead atoms. The van der Waals surface area contributed by atoms with Gasteiger partial charge in [-0.15, -0.1) is 0 Å². The molecular formula is C12H12BrNO2. The summed E-state index contributed by atoms with van der Waals surface area (Å²) in [7, 11) is 1.54. The van der Waals surface area contributed by atoms with Crippen molar-refractivity contribution < 1.29 is 9.53 Å². The van der Waals surface area contributed by atoms with Gasteiger partial charge in [-0.3, -0.25) is 4.79 Å². The van der Waals surface area contributed by atoms with Crippen LogP contribution in [0.4, 0.5) is 0 Å². The third-order valence-electron chi connectivity index (χ3n) is 2.15. The van der Waals surface area contributed by atoms with E-state index in [1.165, 1.54) is 7.11 Å². The molecule has 3 nitrogen and oxygen atoms in total. The van der Waals surface area contributed by atoms with Gasteiger partial charge in [-0.1, -0.05) is 15.9 Å². The standard InChI is InChI=1S/C12H12BrNO2/c1-16-12-6-5-9(13)8-10(12)11(15)4-2-3-7-14/h5-6,8H,2-4H2,1H3. The maximum atomic E-state index is 11.8. The zero-order valence-corrected chi connectivity index (χ0v) is 10.6. The minimum Gasteiger partial charge on any atom is -0.496 e. The first kappa shape index (κ1) is 12.7. The fourth-order valence-electron chi connectivity index (χ4n) is 1.36. The van der Waals surface area contributed by atoms with E-state index in [9.17, 15) is 4.79 Å². The minimum atomic E-state index is 0.00778. The van der Waals surface area contributed by atoms with E-state index >= 15 is 0 Å². The van der Waals surface area contributed by atoms with E-state index in [0.29, 0.717) is 30.6 Å². The van der Waals surface area contributed by atoms with E-state index in [2.05, 4.69) is 15.9 Å². The summed E-state index contributed by atoms with van der Waals surface area (Å²) in [5, 5.41) is 8.40. The summed E-state index contributed by atoms with van der Waals surface area (Å²) in [5.41, 5.74) is 0.565. The SMILES string of the molecule is COc1ccc(Br)cc1C(=O)CCCC#N. The summed E-state index contributed by atoms with van der Waals surface area (Å²) in [6, 6.07) is 7.34. The molecule has 0 spiro atoms. The molecule has 0 aliphatic rings. The highest BCUT2D eigenvalue weighted by Crippen LogP contribution is 2.24. The largest absolute Gasteiger partial charge is 0.496 e. The third kappa shape index (κ3) is 3.35. The molecular weight excluding hydrogens is 270 g/mol. The second-order valence-corrected chi connectivity index (χ2v) is 4.20. The summed E-state index contributed by atoms with van der Waals surface area (Å²) >= 11 is 3.32. The second-order valence-electron chi connectivity index (χ2n) is 3.28. The van der Waals surface area contributed by atoms with Crippen molar-refractivity contribution in [1.29, 1.82) is 5.26 Å². The number of carbonyl (C=O) groups is 1. The Morgan fingerprint density at radius 3 is 2.94 bits per heavy atom. The van der Waals surface area contributed by atoms with Crippen molar-refractivity contribution in [2.45, 2.75) is 19.3 Å². The summed E-state index contributed by atoms with van der Waals surface area (Å²) in [5.74, 6) is 0.582. The van der Waals surface area contributed by atoms with Crippen LogP contribution in [0.25, 0.3) is 0 Å². The van der Waals surface area contributed by atoms with Gasteiger partial charge in [0.1, 0.15) is 5.75 Å². The number of hydrogen-bond donors (Lipinski definition) is 0. The molecule has 0 heterocycles. The number of halogens is 1. The van der Waals surface area contributed by atoms with Crippen molar-refractivity contribution >= 4 is 21.7 Å². The molecule has 0 aliphatic heterocycles. The lowest BCUT2D eigenvalue weighted by molar-refractivity contribution is 0.0977. The van der Waals surface area contributed by atoms with Gasteiger partial charge in [-0.2, -0.15) is 5.26 Å². The highest BCUT2D eigenvalue weighted by molar-refractivity contribution is 9.10. The number of methoxy groups -OCH3 is 1. The number of rotatable bonds is 5. The smallest absolute Gasteiger partial charge is 0.166 e. The maximum absolute atomic E-state index is 11.8. The number of Topliss-reactive ketones (excluding diaryl/α,β-unsaturated/α-hetero) is 1. The molecule has 1 aromatic rings. The van der Waals surface area contributed by atoms with E-state index in [-0.39, 0.29) is 5.78 Å². The van der Waals surface area contributed by atoms with Crippen LogP contribution in [0.3, 0.4) is 0 Å². The molecule has 0 saturated heterocycles. The molecule has 0 aliphatic carbocycles. The van der Waals surface area contributed by atoms with Crippen LogP contribution in [0, 0.1) is 11.3 Å². The molecule has 0 fully saturated rings. The van der Waals surface area contributed by atoms with Gasteiger partial charge in [0.25, 0.3) is 0 Å². The summed E-state index contributed by atoms with van der Waals surface area (Å²) in [6.07, 6.45) is 1.37. The predicted octanol–water partition coefficient (Wildman–Crippen LogP) is 3.33. The summed E-state index contributed by atoms with van der Waals surface area (Å²) in [6.45, 7) is 0. The van der Waals surface area contributed by atoms with E-state index in [1.54, 1.807) is 12.1 Å². The quantitative estimate of drug-likeness (QED) is 0.614. The van der Waals surface area contributed by atoms with Crippen LogP contribution in [-0.4, -0.2) is 12.9 Å². The zero-order valence-electron chi connectivity index (χ0n) is 9.00. The first-order valence-electron chi connectivity index (χ1n) is 4.92. The Morgan fingerprint density at radius 1 is 1.56 bits per heavy atom. The molecule has 0 saturated carbocycles. The van der Waals surface area contributed by atoms with Gasteiger partial charge in [0, 0.05) is 17.3 Å². The number of ketones is 1.